The van der Waals surface area contributed by atoms with Crippen LogP contribution in [0.15, 0.2) is 24.3 Å². The molecule has 1 aromatic carbocycles. The molecule has 0 amide bonds. The van der Waals surface area contributed by atoms with Crippen LogP contribution in [0, 0.1) is 0 Å². The first-order chi connectivity index (χ1) is 6.06. The van der Waals surface area contributed by atoms with Gasteiger partial charge in [0.25, 0.3) is 5.92 Å². The average molecular weight is 206 g/mol. The highest BCUT2D eigenvalue weighted by molar-refractivity contribution is 6.30. The van der Waals surface area contributed by atoms with Crippen LogP contribution in [0.4, 0.5) is 8.78 Å². The molecule has 1 aromatic rings. The lowest BCUT2D eigenvalue weighted by molar-refractivity contribution is -0.00124. The Morgan fingerprint density at radius 3 is 2.69 bits per heavy atom. The molecular weight excluding hydrogens is 196 g/mol. The zero-order valence-electron chi connectivity index (χ0n) is 7.15. The third-order valence-electron chi connectivity index (χ3n) is 1.65. The standard InChI is InChI=1S/C9H10ClF2N/c1-13-6-9(11,12)7-3-2-4-8(10)5-7/h2-5,13H,6H2,1H3. The Morgan fingerprint density at radius 1 is 1.46 bits per heavy atom. The molecule has 0 heterocycles. The summed E-state index contributed by atoms with van der Waals surface area (Å²) in [6, 6.07) is 5.73. The first-order valence-electron chi connectivity index (χ1n) is 3.85. The van der Waals surface area contributed by atoms with E-state index >= 15 is 0 Å². The van der Waals surface area contributed by atoms with E-state index in [-0.39, 0.29) is 12.1 Å². The number of hydrogen-bond acceptors (Lipinski definition) is 1. The average Bonchev–Trinajstić information content (AvgIpc) is 2.04. The van der Waals surface area contributed by atoms with Crippen LogP contribution in [-0.2, 0) is 5.92 Å². The van der Waals surface area contributed by atoms with Crippen LogP contribution in [0.3, 0.4) is 0 Å². The molecule has 0 bridgehead atoms. The highest BCUT2D eigenvalue weighted by atomic mass is 35.5. The smallest absolute Gasteiger partial charge is 0.285 e. The van der Waals surface area contributed by atoms with Gasteiger partial charge in [0.05, 0.1) is 6.54 Å². The minimum Gasteiger partial charge on any atom is -0.314 e. The maximum absolute atomic E-state index is 13.2. The van der Waals surface area contributed by atoms with Gasteiger partial charge in [-0.25, -0.2) is 0 Å². The van der Waals surface area contributed by atoms with Crippen LogP contribution in [-0.4, -0.2) is 13.6 Å². The Labute approximate surface area is 80.7 Å². The summed E-state index contributed by atoms with van der Waals surface area (Å²) in [5, 5.41) is 2.76. The minimum absolute atomic E-state index is 0.0608. The molecule has 0 saturated heterocycles. The second-order valence-electron chi connectivity index (χ2n) is 2.75. The number of rotatable bonds is 3. The highest BCUT2D eigenvalue weighted by Gasteiger charge is 2.30. The van der Waals surface area contributed by atoms with Gasteiger partial charge in [-0.1, -0.05) is 23.7 Å². The van der Waals surface area contributed by atoms with E-state index in [1.54, 1.807) is 6.07 Å². The van der Waals surface area contributed by atoms with Crippen LogP contribution >= 0.6 is 11.6 Å². The Kier molecular flexibility index (Phi) is 3.22. The summed E-state index contributed by atoms with van der Waals surface area (Å²) in [6.45, 7) is -0.382. The molecule has 72 valence electrons. The topological polar surface area (TPSA) is 12.0 Å². The van der Waals surface area contributed by atoms with E-state index in [0.717, 1.165) is 0 Å². The predicted octanol–water partition coefficient (Wildman–Crippen LogP) is 2.65. The summed E-state index contributed by atoms with van der Waals surface area (Å²) in [4.78, 5) is 0. The molecule has 0 aliphatic carbocycles. The van der Waals surface area contributed by atoms with Crippen molar-refractivity contribution in [3.05, 3.63) is 34.9 Å². The van der Waals surface area contributed by atoms with Gasteiger partial charge < -0.3 is 5.32 Å². The SMILES string of the molecule is CNCC(F)(F)c1cccc(Cl)c1. The van der Waals surface area contributed by atoms with Gasteiger partial charge in [0.1, 0.15) is 0 Å². The molecule has 0 aromatic heterocycles. The van der Waals surface area contributed by atoms with Gasteiger partial charge >= 0.3 is 0 Å². The molecule has 0 saturated carbocycles. The van der Waals surface area contributed by atoms with Crippen molar-refractivity contribution in [3.8, 4) is 0 Å². The fourth-order valence-corrected chi connectivity index (χ4v) is 1.23. The zero-order valence-corrected chi connectivity index (χ0v) is 7.91. The van der Waals surface area contributed by atoms with Gasteiger partial charge in [-0.05, 0) is 19.2 Å². The maximum atomic E-state index is 13.2. The molecule has 1 nitrogen and oxygen atoms in total. The first kappa shape index (κ1) is 10.4. The van der Waals surface area contributed by atoms with Gasteiger partial charge in [0.15, 0.2) is 0 Å². The molecule has 1 rings (SSSR count). The van der Waals surface area contributed by atoms with Crippen LogP contribution in [0.5, 0.6) is 0 Å². The molecule has 0 atom stereocenters. The van der Waals surface area contributed by atoms with Crippen molar-refractivity contribution in [2.75, 3.05) is 13.6 Å². The van der Waals surface area contributed by atoms with Crippen LogP contribution in [0.25, 0.3) is 0 Å². The lowest BCUT2D eigenvalue weighted by Crippen LogP contribution is -2.27. The van der Waals surface area contributed by atoms with E-state index in [9.17, 15) is 8.78 Å². The van der Waals surface area contributed by atoms with Gasteiger partial charge in [0, 0.05) is 10.6 Å². The first-order valence-corrected chi connectivity index (χ1v) is 4.22. The van der Waals surface area contributed by atoms with E-state index in [1.165, 1.54) is 25.2 Å². The van der Waals surface area contributed by atoms with Gasteiger partial charge in [0.2, 0.25) is 0 Å². The summed E-state index contributed by atoms with van der Waals surface area (Å²) >= 11 is 5.60. The predicted molar refractivity (Wildman–Crippen MR) is 49.3 cm³/mol. The van der Waals surface area contributed by atoms with E-state index in [4.69, 9.17) is 11.6 Å². The molecule has 13 heavy (non-hydrogen) atoms. The Balaban J connectivity index is 2.93. The molecule has 4 heteroatoms. The van der Waals surface area contributed by atoms with Gasteiger partial charge in [-0.15, -0.1) is 0 Å². The number of alkyl halides is 2. The number of benzene rings is 1. The normalized spacial score (nSPS) is 11.7. The highest BCUT2D eigenvalue weighted by Crippen LogP contribution is 2.28. The summed E-state index contributed by atoms with van der Waals surface area (Å²) in [6.07, 6.45) is 0. The Bertz CT molecular complexity index is 289. The van der Waals surface area contributed by atoms with Crippen LogP contribution in [0.2, 0.25) is 5.02 Å². The molecule has 0 spiro atoms. The van der Waals surface area contributed by atoms with Gasteiger partial charge in [-0.3, -0.25) is 0 Å². The second-order valence-corrected chi connectivity index (χ2v) is 3.18. The van der Waals surface area contributed by atoms with Crippen LogP contribution in [0.1, 0.15) is 5.56 Å². The summed E-state index contributed by atoms with van der Waals surface area (Å²) in [5.41, 5.74) is -0.0608. The molecule has 1 N–H and O–H groups in total. The molecule has 0 unspecified atom stereocenters. The molecule has 0 aliphatic rings. The van der Waals surface area contributed by atoms with E-state index in [2.05, 4.69) is 5.32 Å². The largest absolute Gasteiger partial charge is 0.314 e. The van der Waals surface area contributed by atoms with Gasteiger partial charge in [-0.2, -0.15) is 8.78 Å². The quantitative estimate of drug-likeness (QED) is 0.800. The Morgan fingerprint density at radius 2 is 2.15 bits per heavy atom. The summed E-state index contributed by atoms with van der Waals surface area (Å²) < 4.78 is 26.4. The van der Waals surface area contributed by atoms with Crippen molar-refractivity contribution in [3.63, 3.8) is 0 Å². The van der Waals surface area contributed by atoms with Crippen molar-refractivity contribution in [2.45, 2.75) is 5.92 Å². The zero-order chi connectivity index (χ0) is 9.90. The van der Waals surface area contributed by atoms with Crippen molar-refractivity contribution in [1.82, 2.24) is 5.32 Å². The maximum Gasteiger partial charge on any atom is 0.285 e. The molecular formula is C9H10ClF2N. The minimum atomic E-state index is -2.86. The lowest BCUT2D eigenvalue weighted by Gasteiger charge is -2.15. The number of hydrogen-bond donors (Lipinski definition) is 1. The van der Waals surface area contributed by atoms with E-state index in [1.807, 2.05) is 0 Å². The van der Waals surface area contributed by atoms with E-state index in [0.29, 0.717) is 5.02 Å². The molecule has 0 fully saturated rings. The monoisotopic (exact) mass is 205 g/mol. The number of likely N-dealkylation sites (N-methyl/N-ethyl adjacent to an activating group) is 1. The van der Waals surface area contributed by atoms with Crippen molar-refractivity contribution < 1.29 is 8.78 Å². The third kappa shape index (κ3) is 2.64. The molecule has 0 radical (unpaired) electrons. The number of nitrogens with one attached hydrogen (secondary N) is 1. The summed E-state index contributed by atoms with van der Waals surface area (Å²) in [5.74, 6) is -2.86. The van der Waals surface area contributed by atoms with Crippen molar-refractivity contribution >= 4 is 11.6 Å². The van der Waals surface area contributed by atoms with Crippen molar-refractivity contribution in [2.24, 2.45) is 0 Å². The fourth-order valence-electron chi connectivity index (χ4n) is 1.04. The van der Waals surface area contributed by atoms with Crippen LogP contribution < -0.4 is 5.32 Å². The van der Waals surface area contributed by atoms with E-state index < -0.39 is 5.92 Å². The third-order valence-corrected chi connectivity index (χ3v) is 1.88. The summed E-state index contributed by atoms with van der Waals surface area (Å²) in [7, 11) is 1.48. The van der Waals surface area contributed by atoms with Crippen molar-refractivity contribution in [1.29, 1.82) is 0 Å². The second kappa shape index (κ2) is 4.03. The molecule has 0 aliphatic heterocycles. The Hall–Kier alpha value is -0.670. The lowest BCUT2D eigenvalue weighted by atomic mass is 10.1. The number of halogens is 3. The fraction of sp³-hybridized carbons (Fsp3) is 0.333.